The average molecular weight is 270 g/mol. The van der Waals surface area contributed by atoms with Crippen molar-refractivity contribution in [1.29, 1.82) is 0 Å². The van der Waals surface area contributed by atoms with Gasteiger partial charge in [0.1, 0.15) is 11.4 Å². The van der Waals surface area contributed by atoms with Crippen LogP contribution in [0.4, 0.5) is 5.82 Å². The van der Waals surface area contributed by atoms with Gasteiger partial charge in [-0.2, -0.15) is 0 Å². The predicted octanol–water partition coefficient (Wildman–Crippen LogP) is 3.05. The molecule has 0 spiro atoms. The van der Waals surface area contributed by atoms with Gasteiger partial charge < -0.3 is 10.4 Å². The van der Waals surface area contributed by atoms with Gasteiger partial charge >= 0.3 is 5.97 Å². The number of carboxylic acids is 1. The summed E-state index contributed by atoms with van der Waals surface area (Å²) in [5.41, 5.74) is 3.50. The van der Waals surface area contributed by atoms with E-state index in [1.807, 2.05) is 19.1 Å². The summed E-state index contributed by atoms with van der Waals surface area (Å²) in [5, 5.41) is 12.3. The van der Waals surface area contributed by atoms with E-state index >= 15 is 0 Å². The van der Waals surface area contributed by atoms with E-state index in [0.29, 0.717) is 12.4 Å². The van der Waals surface area contributed by atoms with E-state index in [1.54, 1.807) is 12.1 Å². The molecule has 0 fully saturated rings. The molecule has 1 heterocycles. The van der Waals surface area contributed by atoms with Crippen molar-refractivity contribution < 1.29 is 9.90 Å². The van der Waals surface area contributed by atoms with Crippen molar-refractivity contribution in [2.24, 2.45) is 0 Å². The van der Waals surface area contributed by atoms with Crippen LogP contribution in [0.25, 0.3) is 0 Å². The lowest BCUT2D eigenvalue weighted by atomic mass is 10.1. The number of rotatable bonds is 5. The number of aromatic nitrogens is 1. The summed E-state index contributed by atoms with van der Waals surface area (Å²) < 4.78 is 0. The van der Waals surface area contributed by atoms with E-state index < -0.39 is 5.97 Å². The van der Waals surface area contributed by atoms with Crippen LogP contribution in [0, 0.1) is 13.8 Å². The van der Waals surface area contributed by atoms with Crippen LogP contribution in [0.3, 0.4) is 0 Å². The summed E-state index contributed by atoms with van der Waals surface area (Å²) >= 11 is 0. The smallest absolute Gasteiger partial charge is 0.339 e. The number of aryl methyl sites for hydroxylation is 2. The van der Waals surface area contributed by atoms with Crippen molar-refractivity contribution in [2.75, 3.05) is 11.9 Å². The number of aromatic carboxylic acids is 1. The van der Waals surface area contributed by atoms with Gasteiger partial charge in [0.15, 0.2) is 0 Å². The fourth-order valence-electron chi connectivity index (χ4n) is 2.07. The normalized spacial score (nSPS) is 10.3. The van der Waals surface area contributed by atoms with Crippen LogP contribution >= 0.6 is 0 Å². The summed E-state index contributed by atoms with van der Waals surface area (Å²) in [7, 11) is 0. The Morgan fingerprint density at radius 1 is 1.20 bits per heavy atom. The zero-order chi connectivity index (χ0) is 14.5. The predicted molar refractivity (Wildman–Crippen MR) is 79.3 cm³/mol. The molecule has 2 aromatic rings. The molecule has 0 aliphatic heterocycles. The van der Waals surface area contributed by atoms with E-state index in [9.17, 15) is 4.79 Å². The maximum Gasteiger partial charge on any atom is 0.339 e. The first-order valence-electron chi connectivity index (χ1n) is 6.57. The van der Waals surface area contributed by atoms with Gasteiger partial charge in [-0.05, 0) is 43.5 Å². The highest BCUT2D eigenvalue weighted by molar-refractivity contribution is 5.93. The van der Waals surface area contributed by atoms with Crippen LogP contribution in [0.15, 0.2) is 36.4 Å². The third-order valence-electron chi connectivity index (χ3n) is 3.21. The zero-order valence-electron chi connectivity index (χ0n) is 11.7. The molecular formula is C16H18N2O2. The minimum atomic E-state index is -0.962. The van der Waals surface area contributed by atoms with Crippen molar-refractivity contribution >= 4 is 11.8 Å². The number of nitrogens with zero attached hydrogens (tertiary/aromatic N) is 1. The molecule has 0 saturated carbocycles. The SMILES string of the molecule is Cc1ccc(C(=O)O)c(NCCc2ccccc2C)n1. The van der Waals surface area contributed by atoms with Gasteiger partial charge in [0.25, 0.3) is 0 Å². The molecule has 0 unspecified atom stereocenters. The Morgan fingerprint density at radius 2 is 1.95 bits per heavy atom. The molecule has 4 nitrogen and oxygen atoms in total. The molecule has 0 radical (unpaired) electrons. The van der Waals surface area contributed by atoms with E-state index in [4.69, 9.17) is 5.11 Å². The Kier molecular flexibility index (Phi) is 4.35. The second-order valence-electron chi connectivity index (χ2n) is 4.76. The van der Waals surface area contributed by atoms with Gasteiger partial charge in [0, 0.05) is 12.2 Å². The van der Waals surface area contributed by atoms with Crippen LogP contribution in [0.1, 0.15) is 27.2 Å². The molecule has 2 rings (SSSR count). The summed E-state index contributed by atoms with van der Waals surface area (Å²) in [6.45, 7) is 4.57. The molecule has 1 aromatic carbocycles. The van der Waals surface area contributed by atoms with Gasteiger partial charge in [0.05, 0.1) is 0 Å². The number of benzene rings is 1. The van der Waals surface area contributed by atoms with Crippen molar-refractivity contribution in [3.63, 3.8) is 0 Å². The highest BCUT2D eigenvalue weighted by Gasteiger charge is 2.11. The Balaban J connectivity index is 2.06. The minimum absolute atomic E-state index is 0.209. The van der Waals surface area contributed by atoms with Crippen LogP contribution < -0.4 is 5.32 Å². The zero-order valence-corrected chi connectivity index (χ0v) is 11.7. The lowest BCUT2D eigenvalue weighted by Crippen LogP contribution is -2.12. The number of carbonyl (C=O) groups is 1. The number of nitrogens with one attached hydrogen (secondary N) is 1. The van der Waals surface area contributed by atoms with Crippen LogP contribution in [-0.2, 0) is 6.42 Å². The Hall–Kier alpha value is -2.36. The molecule has 104 valence electrons. The first-order valence-corrected chi connectivity index (χ1v) is 6.57. The largest absolute Gasteiger partial charge is 0.478 e. The van der Waals surface area contributed by atoms with Crippen molar-refractivity contribution in [2.45, 2.75) is 20.3 Å². The molecule has 0 amide bonds. The van der Waals surface area contributed by atoms with E-state index in [-0.39, 0.29) is 5.56 Å². The number of carboxylic acid groups (broad SMARTS) is 1. The van der Waals surface area contributed by atoms with E-state index in [1.165, 1.54) is 11.1 Å². The average Bonchev–Trinajstić information content (AvgIpc) is 2.41. The topological polar surface area (TPSA) is 62.2 Å². The highest BCUT2D eigenvalue weighted by atomic mass is 16.4. The molecule has 20 heavy (non-hydrogen) atoms. The van der Waals surface area contributed by atoms with Crippen molar-refractivity contribution in [3.8, 4) is 0 Å². The molecule has 1 aromatic heterocycles. The van der Waals surface area contributed by atoms with Gasteiger partial charge in [-0.15, -0.1) is 0 Å². The molecule has 0 atom stereocenters. The Bertz CT molecular complexity index is 624. The monoisotopic (exact) mass is 270 g/mol. The van der Waals surface area contributed by atoms with E-state index in [0.717, 1.165) is 12.1 Å². The van der Waals surface area contributed by atoms with Gasteiger partial charge in [-0.3, -0.25) is 0 Å². The number of anilines is 1. The molecular weight excluding hydrogens is 252 g/mol. The maximum atomic E-state index is 11.1. The van der Waals surface area contributed by atoms with Gasteiger partial charge in [-0.1, -0.05) is 24.3 Å². The van der Waals surface area contributed by atoms with Crippen LogP contribution in [-0.4, -0.2) is 22.6 Å². The Labute approximate surface area is 118 Å². The van der Waals surface area contributed by atoms with Crippen LogP contribution in [0.5, 0.6) is 0 Å². The standard InChI is InChI=1S/C16H18N2O2/c1-11-5-3-4-6-13(11)9-10-17-15-14(16(19)20)8-7-12(2)18-15/h3-8H,9-10H2,1-2H3,(H,17,18)(H,19,20). The first kappa shape index (κ1) is 14.1. The summed E-state index contributed by atoms with van der Waals surface area (Å²) in [4.78, 5) is 15.4. The van der Waals surface area contributed by atoms with Crippen LogP contribution in [0.2, 0.25) is 0 Å². The third kappa shape index (κ3) is 3.35. The summed E-state index contributed by atoms with van der Waals surface area (Å²) in [6, 6.07) is 11.5. The number of hydrogen-bond acceptors (Lipinski definition) is 3. The summed E-state index contributed by atoms with van der Waals surface area (Å²) in [5.74, 6) is -0.526. The highest BCUT2D eigenvalue weighted by Crippen LogP contribution is 2.14. The Morgan fingerprint density at radius 3 is 2.65 bits per heavy atom. The molecule has 2 N–H and O–H groups in total. The van der Waals surface area contributed by atoms with Gasteiger partial charge in [-0.25, -0.2) is 9.78 Å². The summed E-state index contributed by atoms with van der Waals surface area (Å²) in [6.07, 6.45) is 0.835. The second kappa shape index (κ2) is 6.19. The van der Waals surface area contributed by atoms with Crippen molar-refractivity contribution in [1.82, 2.24) is 4.98 Å². The lowest BCUT2D eigenvalue weighted by Gasteiger charge is -2.10. The molecule has 4 heteroatoms. The molecule has 0 aliphatic rings. The fourth-order valence-corrected chi connectivity index (χ4v) is 2.07. The van der Waals surface area contributed by atoms with E-state index in [2.05, 4.69) is 29.4 Å². The molecule has 0 bridgehead atoms. The maximum absolute atomic E-state index is 11.1. The fraction of sp³-hybridized carbons (Fsp3) is 0.250. The number of hydrogen-bond donors (Lipinski definition) is 2. The minimum Gasteiger partial charge on any atom is -0.478 e. The van der Waals surface area contributed by atoms with Gasteiger partial charge in [0.2, 0.25) is 0 Å². The molecule has 0 aliphatic carbocycles. The lowest BCUT2D eigenvalue weighted by molar-refractivity contribution is 0.0697. The quantitative estimate of drug-likeness (QED) is 0.876. The van der Waals surface area contributed by atoms with Crippen molar-refractivity contribution in [3.05, 3.63) is 58.8 Å². The number of pyridine rings is 1. The second-order valence-corrected chi connectivity index (χ2v) is 4.76. The first-order chi connectivity index (χ1) is 9.58. The third-order valence-corrected chi connectivity index (χ3v) is 3.21. The molecule has 0 saturated heterocycles.